The van der Waals surface area contributed by atoms with Gasteiger partial charge in [-0.15, -0.1) is 0 Å². The van der Waals surface area contributed by atoms with Gasteiger partial charge in [0.1, 0.15) is 11.3 Å². The summed E-state index contributed by atoms with van der Waals surface area (Å²) in [4.78, 5) is 15.5. The molecule has 2 aromatic heterocycles. The second kappa shape index (κ2) is 3.73. The topological polar surface area (TPSA) is 43.6 Å². The number of aryl methyl sites for hydroxylation is 1. The van der Waals surface area contributed by atoms with E-state index in [9.17, 15) is 4.79 Å². The minimum absolute atomic E-state index is 0.247. The average molecular weight is 204 g/mol. The predicted molar refractivity (Wildman–Crippen MR) is 55.9 cm³/mol. The van der Waals surface area contributed by atoms with Crippen LogP contribution in [0.2, 0.25) is 0 Å². The van der Waals surface area contributed by atoms with Crippen LogP contribution in [0.5, 0.6) is 5.88 Å². The van der Waals surface area contributed by atoms with Crippen molar-refractivity contribution in [2.75, 3.05) is 0 Å². The summed E-state index contributed by atoms with van der Waals surface area (Å²) in [6.45, 7) is 3.59. The van der Waals surface area contributed by atoms with E-state index in [1.807, 2.05) is 31.3 Å². The zero-order valence-corrected chi connectivity index (χ0v) is 8.73. The number of hydrogen-bond donors (Lipinski definition) is 0. The van der Waals surface area contributed by atoms with Crippen molar-refractivity contribution in [3.8, 4) is 5.88 Å². The maximum absolute atomic E-state index is 11.2. The van der Waals surface area contributed by atoms with Crippen LogP contribution in [0.25, 0.3) is 5.65 Å². The first-order valence-electron chi connectivity index (χ1n) is 4.86. The van der Waals surface area contributed by atoms with Crippen LogP contribution in [0.1, 0.15) is 19.0 Å². The first kappa shape index (κ1) is 9.71. The minimum atomic E-state index is -0.247. The summed E-state index contributed by atoms with van der Waals surface area (Å²) in [5.74, 6) is 0.265. The highest BCUT2D eigenvalue weighted by Crippen LogP contribution is 2.19. The number of fused-ring (bicyclic) bond motifs is 1. The standard InChI is InChI=1S/C11H12N2O2/c1-3-10(14)15-11-8(2)12-9-6-4-5-7-13(9)11/h4-7H,3H2,1-2H3. The Labute approximate surface area is 87.5 Å². The molecule has 0 saturated heterocycles. The third-order valence-electron chi connectivity index (χ3n) is 2.15. The number of rotatable bonds is 2. The molecule has 0 atom stereocenters. The summed E-state index contributed by atoms with van der Waals surface area (Å²) in [6.07, 6.45) is 2.19. The van der Waals surface area contributed by atoms with E-state index < -0.39 is 0 Å². The Balaban J connectivity index is 2.49. The van der Waals surface area contributed by atoms with Crippen molar-refractivity contribution in [1.82, 2.24) is 9.38 Å². The first-order chi connectivity index (χ1) is 7.22. The van der Waals surface area contributed by atoms with Crippen molar-refractivity contribution >= 4 is 11.6 Å². The molecule has 0 aliphatic rings. The summed E-state index contributed by atoms with van der Waals surface area (Å²) < 4.78 is 6.98. The van der Waals surface area contributed by atoms with Crippen LogP contribution in [0.3, 0.4) is 0 Å². The van der Waals surface area contributed by atoms with E-state index in [4.69, 9.17) is 4.74 Å². The van der Waals surface area contributed by atoms with Crippen molar-refractivity contribution in [2.45, 2.75) is 20.3 Å². The number of carbonyl (C=O) groups is 1. The van der Waals surface area contributed by atoms with Crippen LogP contribution in [-0.2, 0) is 4.79 Å². The monoisotopic (exact) mass is 204 g/mol. The molecular formula is C11H12N2O2. The molecule has 0 spiro atoms. The highest BCUT2D eigenvalue weighted by atomic mass is 16.5. The van der Waals surface area contributed by atoms with Crippen molar-refractivity contribution in [3.63, 3.8) is 0 Å². The minimum Gasteiger partial charge on any atom is -0.407 e. The molecule has 0 aliphatic carbocycles. The molecule has 0 bridgehead atoms. The summed E-state index contributed by atoms with van der Waals surface area (Å²) >= 11 is 0. The SMILES string of the molecule is CCC(=O)Oc1c(C)nc2ccccn12. The highest BCUT2D eigenvalue weighted by molar-refractivity contribution is 5.72. The fourth-order valence-corrected chi connectivity index (χ4v) is 1.39. The molecule has 0 fully saturated rings. The Bertz CT molecular complexity index is 502. The van der Waals surface area contributed by atoms with E-state index in [2.05, 4.69) is 4.98 Å². The van der Waals surface area contributed by atoms with Gasteiger partial charge < -0.3 is 4.74 Å². The molecule has 15 heavy (non-hydrogen) atoms. The number of hydrogen-bond acceptors (Lipinski definition) is 3. The largest absolute Gasteiger partial charge is 0.407 e. The lowest BCUT2D eigenvalue weighted by molar-refractivity contribution is -0.134. The molecule has 4 heteroatoms. The van der Waals surface area contributed by atoms with Gasteiger partial charge in [0.05, 0.1) is 0 Å². The Morgan fingerprint density at radius 3 is 3.07 bits per heavy atom. The zero-order valence-electron chi connectivity index (χ0n) is 8.73. The lowest BCUT2D eigenvalue weighted by Crippen LogP contribution is -2.08. The first-order valence-corrected chi connectivity index (χ1v) is 4.86. The molecule has 4 nitrogen and oxygen atoms in total. The van der Waals surface area contributed by atoms with Crippen LogP contribution in [0.4, 0.5) is 0 Å². The number of carbonyl (C=O) groups excluding carboxylic acids is 1. The fourth-order valence-electron chi connectivity index (χ4n) is 1.39. The summed E-state index contributed by atoms with van der Waals surface area (Å²) in [7, 11) is 0. The van der Waals surface area contributed by atoms with Crippen LogP contribution < -0.4 is 4.74 Å². The van der Waals surface area contributed by atoms with Crippen LogP contribution >= 0.6 is 0 Å². The molecule has 0 N–H and O–H groups in total. The van der Waals surface area contributed by atoms with E-state index in [1.165, 1.54) is 0 Å². The number of imidazole rings is 1. The zero-order chi connectivity index (χ0) is 10.8. The van der Waals surface area contributed by atoms with E-state index in [-0.39, 0.29) is 5.97 Å². The van der Waals surface area contributed by atoms with Crippen molar-refractivity contribution in [3.05, 3.63) is 30.1 Å². The smallest absolute Gasteiger partial charge is 0.312 e. The van der Waals surface area contributed by atoms with E-state index in [0.717, 1.165) is 11.3 Å². The second-order valence-electron chi connectivity index (χ2n) is 3.26. The summed E-state index contributed by atoms with van der Waals surface area (Å²) in [6, 6.07) is 5.64. The van der Waals surface area contributed by atoms with Gasteiger partial charge in [-0.2, -0.15) is 0 Å². The lowest BCUT2D eigenvalue weighted by Gasteiger charge is -2.02. The van der Waals surface area contributed by atoms with Crippen molar-refractivity contribution < 1.29 is 9.53 Å². The Morgan fingerprint density at radius 2 is 2.33 bits per heavy atom. The Hall–Kier alpha value is -1.84. The molecule has 2 heterocycles. The van der Waals surface area contributed by atoms with Gasteiger partial charge in [0, 0.05) is 12.6 Å². The maximum atomic E-state index is 11.2. The Kier molecular flexibility index (Phi) is 2.41. The van der Waals surface area contributed by atoms with E-state index in [0.29, 0.717) is 12.3 Å². The third-order valence-corrected chi connectivity index (χ3v) is 2.15. The quantitative estimate of drug-likeness (QED) is 0.702. The van der Waals surface area contributed by atoms with Gasteiger partial charge in [-0.05, 0) is 19.1 Å². The molecule has 0 radical (unpaired) electrons. The fraction of sp³-hybridized carbons (Fsp3) is 0.273. The average Bonchev–Trinajstić information content (AvgIpc) is 2.55. The third kappa shape index (κ3) is 1.70. The van der Waals surface area contributed by atoms with Gasteiger partial charge in [0.2, 0.25) is 5.88 Å². The molecule has 78 valence electrons. The van der Waals surface area contributed by atoms with Crippen LogP contribution in [0.15, 0.2) is 24.4 Å². The predicted octanol–water partition coefficient (Wildman–Crippen LogP) is 1.96. The van der Waals surface area contributed by atoms with Gasteiger partial charge in [-0.1, -0.05) is 13.0 Å². The van der Waals surface area contributed by atoms with Gasteiger partial charge in [-0.3, -0.25) is 9.20 Å². The summed E-state index contributed by atoms with van der Waals surface area (Å²) in [5, 5.41) is 0. The molecule has 0 unspecified atom stereocenters. The Morgan fingerprint density at radius 1 is 1.53 bits per heavy atom. The van der Waals surface area contributed by atoms with E-state index >= 15 is 0 Å². The van der Waals surface area contributed by atoms with E-state index in [1.54, 1.807) is 11.3 Å². The normalized spacial score (nSPS) is 10.5. The molecule has 0 aromatic carbocycles. The molecule has 0 aliphatic heterocycles. The molecule has 0 saturated carbocycles. The van der Waals surface area contributed by atoms with Gasteiger partial charge in [-0.25, -0.2) is 4.98 Å². The number of nitrogens with zero attached hydrogens (tertiary/aromatic N) is 2. The number of aromatic nitrogens is 2. The van der Waals surface area contributed by atoms with Crippen molar-refractivity contribution in [2.24, 2.45) is 0 Å². The molecule has 2 aromatic rings. The number of pyridine rings is 1. The second-order valence-corrected chi connectivity index (χ2v) is 3.26. The van der Waals surface area contributed by atoms with Crippen molar-refractivity contribution in [1.29, 1.82) is 0 Å². The van der Waals surface area contributed by atoms with Gasteiger partial charge in [0.15, 0.2) is 0 Å². The van der Waals surface area contributed by atoms with Gasteiger partial charge >= 0.3 is 5.97 Å². The molecule has 0 amide bonds. The number of esters is 1. The lowest BCUT2D eigenvalue weighted by atomic mass is 10.5. The molecular weight excluding hydrogens is 192 g/mol. The van der Waals surface area contributed by atoms with Crippen LogP contribution in [-0.4, -0.2) is 15.4 Å². The highest BCUT2D eigenvalue weighted by Gasteiger charge is 2.11. The van der Waals surface area contributed by atoms with Gasteiger partial charge in [0.25, 0.3) is 0 Å². The molecule has 2 rings (SSSR count). The maximum Gasteiger partial charge on any atom is 0.312 e. The number of ether oxygens (including phenoxy) is 1. The van der Waals surface area contributed by atoms with Crippen LogP contribution in [0, 0.1) is 6.92 Å². The summed E-state index contributed by atoms with van der Waals surface area (Å²) in [5.41, 5.74) is 1.51.